The molecule has 1 heterocycles. The Morgan fingerprint density at radius 1 is 0.680 bits per heavy atom. The molecular formula is C22H19N3. The first-order chi connectivity index (χ1) is 12.4. The monoisotopic (exact) mass is 325 g/mol. The molecule has 4 rings (SSSR count). The summed E-state index contributed by atoms with van der Waals surface area (Å²) in [7, 11) is 0. The minimum atomic E-state index is 0.802. The van der Waals surface area contributed by atoms with E-state index in [1.165, 1.54) is 21.9 Å². The van der Waals surface area contributed by atoms with Crippen LogP contribution in [0.2, 0.25) is 0 Å². The summed E-state index contributed by atoms with van der Waals surface area (Å²) in [6.45, 7) is 1.61. The number of nitrogens with zero attached hydrogens (tertiary/aromatic N) is 3. The van der Waals surface area contributed by atoms with Gasteiger partial charge in [0.2, 0.25) is 0 Å². The van der Waals surface area contributed by atoms with E-state index in [0.717, 1.165) is 18.9 Å². The van der Waals surface area contributed by atoms with Gasteiger partial charge in [-0.2, -0.15) is 0 Å². The molecule has 0 N–H and O–H groups in total. The molecule has 0 unspecified atom stereocenters. The molecule has 0 amide bonds. The van der Waals surface area contributed by atoms with Crippen LogP contribution < -0.4 is 4.90 Å². The predicted octanol–water partition coefficient (Wildman–Crippen LogP) is 4.84. The van der Waals surface area contributed by atoms with Crippen molar-refractivity contribution in [2.45, 2.75) is 13.1 Å². The van der Waals surface area contributed by atoms with Gasteiger partial charge >= 0.3 is 0 Å². The van der Waals surface area contributed by atoms with E-state index in [0.29, 0.717) is 0 Å². The average Bonchev–Trinajstić information content (AvgIpc) is 2.69. The highest BCUT2D eigenvalue weighted by molar-refractivity contribution is 5.83. The van der Waals surface area contributed by atoms with Crippen molar-refractivity contribution in [2.24, 2.45) is 0 Å². The number of rotatable bonds is 5. The summed E-state index contributed by atoms with van der Waals surface area (Å²) < 4.78 is 0. The van der Waals surface area contributed by atoms with Crippen LogP contribution in [0.1, 0.15) is 11.1 Å². The third kappa shape index (κ3) is 3.66. The molecule has 0 radical (unpaired) electrons. The van der Waals surface area contributed by atoms with Crippen LogP contribution in [0.3, 0.4) is 0 Å². The van der Waals surface area contributed by atoms with E-state index < -0.39 is 0 Å². The lowest BCUT2D eigenvalue weighted by Crippen LogP contribution is -2.23. The van der Waals surface area contributed by atoms with E-state index in [-0.39, 0.29) is 0 Å². The van der Waals surface area contributed by atoms with Crippen molar-refractivity contribution in [2.75, 3.05) is 4.90 Å². The van der Waals surface area contributed by atoms with Crippen molar-refractivity contribution in [3.05, 3.63) is 103 Å². The number of benzene rings is 3. The Morgan fingerprint density at radius 2 is 1.44 bits per heavy atom. The molecule has 0 fully saturated rings. The van der Waals surface area contributed by atoms with Crippen LogP contribution in [-0.4, -0.2) is 9.97 Å². The highest BCUT2D eigenvalue weighted by atomic mass is 15.2. The van der Waals surface area contributed by atoms with Gasteiger partial charge in [-0.15, -0.1) is 0 Å². The Kier molecular flexibility index (Phi) is 4.38. The molecule has 0 spiro atoms. The Hall–Kier alpha value is -3.20. The lowest BCUT2D eigenvalue weighted by atomic mass is 10.1. The molecule has 1 aromatic heterocycles. The number of fused-ring (bicyclic) bond motifs is 1. The van der Waals surface area contributed by atoms with Gasteiger partial charge in [0.05, 0.1) is 0 Å². The smallest absolute Gasteiger partial charge is 0.132 e. The third-order valence-electron chi connectivity index (χ3n) is 4.29. The Labute approximate surface area is 147 Å². The van der Waals surface area contributed by atoms with Gasteiger partial charge in [-0.25, -0.2) is 9.97 Å². The molecule has 4 aromatic rings. The van der Waals surface area contributed by atoms with E-state index in [9.17, 15) is 0 Å². The Morgan fingerprint density at radius 3 is 2.24 bits per heavy atom. The third-order valence-corrected chi connectivity index (χ3v) is 4.29. The second-order valence-corrected chi connectivity index (χ2v) is 6.09. The summed E-state index contributed by atoms with van der Waals surface area (Å²) >= 11 is 0. The van der Waals surface area contributed by atoms with Gasteiger partial charge in [0.1, 0.15) is 12.1 Å². The summed E-state index contributed by atoms with van der Waals surface area (Å²) in [4.78, 5) is 10.8. The van der Waals surface area contributed by atoms with Crippen LogP contribution in [0.15, 0.2) is 91.4 Å². The molecule has 0 aliphatic carbocycles. The van der Waals surface area contributed by atoms with E-state index in [2.05, 4.69) is 81.6 Å². The number of hydrogen-bond donors (Lipinski definition) is 0. The molecule has 3 nitrogen and oxygen atoms in total. The number of hydrogen-bond acceptors (Lipinski definition) is 3. The molecule has 0 aliphatic heterocycles. The van der Waals surface area contributed by atoms with Crippen molar-refractivity contribution < 1.29 is 0 Å². The first-order valence-corrected chi connectivity index (χ1v) is 8.41. The normalized spacial score (nSPS) is 10.7. The molecule has 3 heteroatoms. The topological polar surface area (TPSA) is 29.0 Å². The van der Waals surface area contributed by atoms with E-state index in [1.54, 1.807) is 12.5 Å². The molecule has 25 heavy (non-hydrogen) atoms. The second-order valence-electron chi connectivity index (χ2n) is 6.09. The molecule has 0 bridgehead atoms. The van der Waals surface area contributed by atoms with Gasteiger partial charge in [-0.1, -0.05) is 66.7 Å². The summed E-state index contributed by atoms with van der Waals surface area (Å²) in [5.74, 6) is 0.937. The zero-order chi connectivity index (χ0) is 16.9. The van der Waals surface area contributed by atoms with Crippen LogP contribution in [0.4, 0.5) is 5.82 Å². The Bertz CT molecular complexity index is 952. The number of anilines is 1. The minimum absolute atomic E-state index is 0.802. The molecule has 0 saturated heterocycles. The summed E-state index contributed by atoms with van der Waals surface area (Å²) in [5, 5.41) is 2.53. The SMILES string of the molecule is c1ccc(CN(Cc2ccc3ccccc3c2)c2ccncn2)cc1. The predicted molar refractivity (Wildman–Crippen MR) is 102 cm³/mol. The van der Waals surface area contributed by atoms with Gasteiger partial charge in [0, 0.05) is 19.3 Å². The highest BCUT2D eigenvalue weighted by Crippen LogP contribution is 2.20. The molecular weight excluding hydrogens is 306 g/mol. The van der Waals surface area contributed by atoms with E-state index >= 15 is 0 Å². The molecule has 0 saturated carbocycles. The Balaban J connectivity index is 1.65. The maximum Gasteiger partial charge on any atom is 0.132 e. The van der Waals surface area contributed by atoms with Crippen LogP contribution in [-0.2, 0) is 13.1 Å². The largest absolute Gasteiger partial charge is 0.348 e. The van der Waals surface area contributed by atoms with Gasteiger partial charge in [0.25, 0.3) is 0 Å². The molecule has 122 valence electrons. The average molecular weight is 325 g/mol. The van der Waals surface area contributed by atoms with Gasteiger partial charge in [0.15, 0.2) is 0 Å². The van der Waals surface area contributed by atoms with Crippen molar-refractivity contribution in [1.82, 2.24) is 9.97 Å². The van der Waals surface area contributed by atoms with Crippen LogP contribution in [0, 0.1) is 0 Å². The van der Waals surface area contributed by atoms with Crippen LogP contribution >= 0.6 is 0 Å². The molecule has 0 atom stereocenters. The fourth-order valence-electron chi connectivity index (χ4n) is 3.05. The standard InChI is InChI=1S/C22H19N3/c1-2-6-18(7-3-1)15-25(22-12-13-23-17-24-22)16-19-10-11-20-8-4-5-9-21(20)14-19/h1-14,17H,15-16H2. The fourth-order valence-corrected chi connectivity index (χ4v) is 3.05. The van der Waals surface area contributed by atoms with Crippen molar-refractivity contribution >= 4 is 16.6 Å². The van der Waals surface area contributed by atoms with Crippen molar-refractivity contribution in [3.63, 3.8) is 0 Å². The van der Waals surface area contributed by atoms with Crippen molar-refractivity contribution in [3.8, 4) is 0 Å². The van der Waals surface area contributed by atoms with Crippen LogP contribution in [0.5, 0.6) is 0 Å². The molecule has 3 aromatic carbocycles. The first-order valence-electron chi connectivity index (χ1n) is 8.41. The minimum Gasteiger partial charge on any atom is -0.348 e. The quantitative estimate of drug-likeness (QED) is 0.526. The first kappa shape index (κ1) is 15.3. The van der Waals surface area contributed by atoms with E-state index in [1.807, 2.05) is 12.1 Å². The summed E-state index contributed by atoms with van der Waals surface area (Å²) in [6, 6.07) is 27.5. The summed E-state index contributed by atoms with van der Waals surface area (Å²) in [5.41, 5.74) is 2.54. The van der Waals surface area contributed by atoms with E-state index in [4.69, 9.17) is 0 Å². The van der Waals surface area contributed by atoms with Gasteiger partial charge < -0.3 is 4.90 Å². The summed E-state index contributed by atoms with van der Waals surface area (Å²) in [6.07, 6.45) is 3.40. The number of aromatic nitrogens is 2. The fraction of sp³-hybridized carbons (Fsp3) is 0.0909. The van der Waals surface area contributed by atoms with Crippen molar-refractivity contribution in [1.29, 1.82) is 0 Å². The molecule has 0 aliphatic rings. The van der Waals surface area contributed by atoms with Gasteiger partial charge in [-0.05, 0) is 34.0 Å². The zero-order valence-electron chi connectivity index (χ0n) is 13.9. The lowest BCUT2D eigenvalue weighted by Gasteiger charge is -2.24. The lowest BCUT2D eigenvalue weighted by molar-refractivity contribution is 0.781. The zero-order valence-corrected chi connectivity index (χ0v) is 13.9. The van der Waals surface area contributed by atoms with Gasteiger partial charge in [-0.3, -0.25) is 0 Å². The maximum atomic E-state index is 4.45. The maximum absolute atomic E-state index is 4.45. The highest BCUT2D eigenvalue weighted by Gasteiger charge is 2.10. The second kappa shape index (κ2) is 7.14. The van der Waals surface area contributed by atoms with Crippen LogP contribution in [0.25, 0.3) is 10.8 Å².